The molecule has 1 heterocycles. The van der Waals surface area contributed by atoms with E-state index in [2.05, 4.69) is 16.5 Å². The fraction of sp³-hybridized carbons (Fsp3) is 0.727. The Labute approximate surface area is 85.3 Å². The summed E-state index contributed by atoms with van der Waals surface area (Å²) >= 11 is 0. The summed E-state index contributed by atoms with van der Waals surface area (Å²) in [5.41, 5.74) is 7.23. The van der Waals surface area contributed by atoms with Gasteiger partial charge in [0.2, 0.25) is 0 Å². The molecule has 0 bridgehead atoms. The van der Waals surface area contributed by atoms with Gasteiger partial charge in [0, 0.05) is 5.54 Å². The molecule has 78 valence electrons. The van der Waals surface area contributed by atoms with Crippen molar-refractivity contribution in [2.75, 3.05) is 0 Å². The lowest BCUT2D eigenvalue weighted by Crippen LogP contribution is -2.42. The van der Waals surface area contributed by atoms with Crippen molar-refractivity contribution in [1.29, 1.82) is 0 Å². The molecule has 0 aromatic carbocycles. The van der Waals surface area contributed by atoms with E-state index in [0.29, 0.717) is 0 Å². The molecular weight excluding hydrogens is 174 g/mol. The van der Waals surface area contributed by atoms with Gasteiger partial charge in [-0.1, -0.05) is 0 Å². The molecule has 2 rings (SSSR count). The van der Waals surface area contributed by atoms with Gasteiger partial charge in [0.05, 0.1) is 23.8 Å². The fourth-order valence-electron chi connectivity index (χ4n) is 2.13. The molecule has 0 atom stereocenters. The minimum absolute atomic E-state index is 0.266. The molecule has 0 aliphatic heterocycles. The van der Waals surface area contributed by atoms with Gasteiger partial charge in [0.25, 0.3) is 0 Å². The van der Waals surface area contributed by atoms with E-state index in [1.54, 1.807) is 0 Å². The first-order chi connectivity index (χ1) is 6.43. The fourth-order valence-corrected chi connectivity index (χ4v) is 2.13. The van der Waals surface area contributed by atoms with Crippen LogP contribution in [0, 0.1) is 0 Å². The van der Waals surface area contributed by atoms with E-state index < -0.39 is 0 Å². The predicted octanol–water partition coefficient (Wildman–Crippen LogP) is 1.98. The smallest absolute Gasteiger partial charge is 0.0953 e. The summed E-state index contributed by atoms with van der Waals surface area (Å²) in [6, 6.07) is 0. The average Bonchev–Trinajstić information content (AvgIpc) is 2.46. The molecule has 0 saturated heterocycles. The highest BCUT2D eigenvalue weighted by atomic mass is 15.1. The van der Waals surface area contributed by atoms with Crippen molar-refractivity contribution in [3.63, 3.8) is 0 Å². The van der Waals surface area contributed by atoms with Gasteiger partial charge in [-0.05, 0) is 40.0 Å². The number of hydrogen-bond acceptors (Lipinski definition) is 2. The molecule has 14 heavy (non-hydrogen) atoms. The van der Waals surface area contributed by atoms with Crippen LogP contribution >= 0.6 is 0 Å². The Kier molecular flexibility index (Phi) is 1.96. The first-order valence-electron chi connectivity index (χ1n) is 5.26. The molecule has 1 aromatic rings. The summed E-state index contributed by atoms with van der Waals surface area (Å²) in [6.07, 6.45) is 7.62. The van der Waals surface area contributed by atoms with Gasteiger partial charge in [-0.15, -0.1) is 0 Å². The van der Waals surface area contributed by atoms with Crippen molar-refractivity contribution in [3.8, 4) is 0 Å². The lowest BCUT2D eigenvalue weighted by molar-refractivity contribution is 0.158. The number of aromatic nitrogens is 2. The van der Waals surface area contributed by atoms with E-state index in [-0.39, 0.29) is 11.1 Å². The zero-order valence-corrected chi connectivity index (χ0v) is 9.25. The van der Waals surface area contributed by atoms with Crippen LogP contribution in [0.3, 0.4) is 0 Å². The largest absolute Gasteiger partial charge is 0.327 e. The van der Waals surface area contributed by atoms with Gasteiger partial charge in [0.15, 0.2) is 0 Å². The van der Waals surface area contributed by atoms with Crippen LogP contribution < -0.4 is 5.73 Å². The van der Waals surface area contributed by atoms with E-state index in [1.165, 1.54) is 19.3 Å². The van der Waals surface area contributed by atoms with Crippen molar-refractivity contribution in [2.45, 2.75) is 51.1 Å². The van der Waals surface area contributed by atoms with Crippen LogP contribution in [0.1, 0.15) is 45.7 Å². The van der Waals surface area contributed by atoms with E-state index in [4.69, 9.17) is 5.73 Å². The van der Waals surface area contributed by atoms with Crippen LogP contribution in [-0.2, 0) is 11.1 Å². The Morgan fingerprint density at radius 3 is 2.57 bits per heavy atom. The molecule has 1 aliphatic rings. The quantitative estimate of drug-likeness (QED) is 0.780. The summed E-state index contributed by atoms with van der Waals surface area (Å²) in [7, 11) is 0. The molecule has 0 unspecified atom stereocenters. The second kappa shape index (κ2) is 2.83. The molecule has 0 spiro atoms. The minimum atomic E-state index is -0.297. The number of hydrogen-bond donors (Lipinski definition) is 1. The molecule has 0 amide bonds. The number of rotatable bonds is 2. The van der Waals surface area contributed by atoms with Crippen LogP contribution in [0.5, 0.6) is 0 Å². The van der Waals surface area contributed by atoms with Crippen molar-refractivity contribution in [3.05, 3.63) is 18.2 Å². The van der Waals surface area contributed by atoms with E-state index in [9.17, 15) is 0 Å². The third kappa shape index (κ3) is 1.36. The van der Waals surface area contributed by atoms with Crippen LogP contribution in [0.2, 0.25) is 0 Å². The third-order valence-corrected chi connectivity index (χ3v) is 3.31. The summed E-state index contributed by atoms with van der Waals surface area (Å²) in [6.45, 7) is 6.35. The molecule has 2 N–H and O–H groups in total. The van der Waals surface area contributed by atoms with E-state index >= 15 is 0 Å². The third-order valence-electron chi connectivity index (χ3n) is 3.31. The lowest BCUT2D eigenvalue weighted by Gasteiger charge is -2.42. The minimum Gasteiger partial charge on any atom is -0.327 e. The highest BCUT2D eigenvalue weighted by Crippen LogP contribution is 2.40. The molecule has 3 nitrogen and oxygen atoms in total. The normalized spacial score (nSPS) is 20.6. The topological polar surface area (TPSA) is 43.8 Å². The highest BCUT2D eigenvalue weighted by molar-refractivity contribution is 5.14. The van der Waals surface area contributed by atoms with Gasteiger partial charge in [-0.3, -0.25) is 0 Å². The second-order valence-corrected chi connectivity index (χ2v) is 5.22. The molecule has 1 fully saturated rings. The average molecular weight is 193 g/mol. The second-order valence-electron chi connectivity index (χ2n) is 5.22. The standard InChI is InChI=1S/C11H19N3/c1-10(2,12)9-7-13-8-14(9)11(3)5-4-6-11/h7-8H,4-6,12H2,1-3H3. The number of nitrogens with two attached hydrogens (primary N) is 1. The van der Waals surface area contributed by atoms with Crippen LogP contribution in [-0.4, -0.2) is 9.55 Å². The summed E-state index contributed by atoms with van der Waals surface area (Å²) in [5.74, 6) is 0. The lowest BCUT2D eigenvalue weighted by atomic mass is 9.77. The molecule has 3 heteroatoms. The summed E-state index contributed by atoms with van der Waals surface area (Å²) < 4.78 is 2.26. The van der Waals surface area contributed by atoms with Gasteiger partial charge >= 0.3 is 0 Å². The van der Waals surface area contributed by atoms with Crippen LogP contribution in [0.4, 0.5) is 0 Å². The first kappa shape index (κ1) is 9.71. The maximum Gasteiger partial charge on any atom is 0.0953 e. The van der Waals surface area contributed by atoms with Crippen LogP contribution in [0.25, 0.3) is 0 Å². The highest BCUT2D eigenvalue weighted by Gasteiger charge is 2.36. The van der Waals surface area contributed by atoms with Crippen molar-refractivity contribution < 1.29 is 0 Å². The summed E-state index contributed by atoms with van der Waals surface area (Å²) in [5, 5.41) is 0. The van der Waals surface area contributed by atoms with Crippen molar-refractivity contribution in [2.24, 2.45) is 5.73 Å². The molecule has 1 aliphatic carbocycles. The Morgan fingerprint density at radius 1 is 1.50 bits per heavy atom. The zero-order valence-electron chi connectivity index (χ0n) is 9.25. The van der Waals surface area contributed by atoms with Gasteiger partial charge < -0.3 is 10.3 Å². The van der Waals surface area contributed by atoms with E-state index in [0.717, 1.165) is 5.69 Å². The molecular formula is C11H19N3. The first-order valence-corrected chi connectivity index (χ1v) is 5.26. The predicted molar refractivity (Wildman–Crippen MR) is 56.9 cm³/mol. The SMILES string of the molecule is CC(C)(N)c1cncn1C1(C)CCC1. The van der Waals surface area contributed by atoms with Crippen molar-refractivity contribution in [1.82, 2.24) is 9.55 Å². The molecule has 1 aromatic heterocycles. The Morgan fingerprint density at radius 2 is 2.14 bits per heavy atom. The Balaban J connectivity index is 2.39. The van der Waals surface area contributed by atoms with Gasteiger partial charge in [-0.2, -0.15) is 0 Å². The van der Waals surface area contributed by atoms with Gasteiger partial charge in [0.1, 0.15) is 0 Å². The van der Waals surface area contributed by atoms with Gasteiger partial charge in [-0.25, -0.2) is 4.98 Å². The number of imidazole rings is 1. The molecule has 1 saturated carbocycles. The Hall–Kier alpha value is -0.830. The monoisotopic (exact) mass is 193 g/mol. The molecule has 0 radical (unpaired) electrons. The number of nitrogens with zero attached hydrogens (tertiary/aromatic N) is 2. The van der Waals surface area contributed by atoms with E-state index in [1.807, 2.05) is 26.4 Å². The zero-order chi connectivity index (χ0) is 10.4. The van der Waals surface area contributed by atoms with Crippen molar-refractivity contribution >= 4 is 0 Å². The maximum atomic E-state index is 6.12. The van der Waals surface area contributed by atoms with Crippen LogP contribution in [0.15, 0.2) is 12.5 Å². The summed E-state index contributed by atoms with van der Waals surface area (Å²) in [4.78, 5) is 4.22. The Bertz CT molecular complexity index is 329. The maximum absolute atomic E-state index is 6.12.